The number of benzene rings is 1. The number of rotatable bonds is 6. The van der Waals surface area contributed by atoms with E-state index in [1.807, 2.05) is 18.2 Å². The third-order valence-electron chi connectivity index (χ3n) is 2.10. The van der Waals surface area contributed by atoms with Crippen LogP contribution < -0.4 is 5.48 Å². The summed E-state index contributed by atoms with van der Waals surface area (Å²) in [5.41, 5.74) is 4.40. The van der Waals surface area contributed by atoms with Gasteiger partial charge < -0.3 is 0 Å². The molecule has 0 spiro atoms. The molecule has 3 heteroatoms. The molecule has 0 fully saturated rings. The van der Waals surface area contributed by atoms with Crippen LogP contribution in [0, 0.1) is 5.41 Å². The number of hydrogen-bond donors (Lipinski definition) is 1. The summed E-state index contributed by atoms with van der Waals surface area (Å²) in [5.74, 6) is 0. The smallest absolute Gasteiger partial charge is 0.0933 e. The number of halogens is 1. The van der Waals surface area contributed by atoms with Crippen LogP contribution in [0.3, 0.4) is 0 Å². The van der Waals surface area contributed by atoms with E-state index in [1.54, 1.807) is 0 Å². The summed E-state index contributed by atoms with van der Waals surface area (Å²) < 4.78 is 0. The van der Waals surface area contributed by atoms with Crippen LogP contribution in [0.15, 0.2) is 30.3 Å². The van der Waals surface area contributed by atoms with E-state index >= 15 is 0 Å². The lowest BCUT2D eigenvalue weighted by Crippen LogP contribution is -2.30. The van der Waals surface area contributed by atoms with Crippen molar-refractivity contribution in [3.63, 3.8) is 0 Å². The maximum Gasteiger partial charge on any atom is 0.0933 e. The van der Waals surface area contributed by atoms with E-state index in [4.69, 9.17) is 4.84 Å². The Hall–Kier alpha value is -0.380. The Morgan fingerprint density at radius 3 is 2.53 bits per heavy atom. The van der Waals surface area contributed by atoms with Gasteiger partial charge in [-0.15, -0.1) is 0 Å². The molecule has 0 amide bonds. The molecule has 0 saturated carbocycles. The van der Waals surface area contributed by atoms with E-state index in [1.165, 1.54) is 5.56 Å². The highest BCUT2D eigenvalue weighted by Crippen LogP contribution is 2.16. The molecule has 0 radical (unpaired) electrons. The first kappa shape index (κ1) is 12.7. The topological polar surface area (TPSA) is 21.3 Å². The molecule has 0 aromatic heterocycles. The Kier molecular flexibility index (Phi) is 5.29. The number of nitrogens with one attached hydrogen (secondary N) is 1. The molecule has 0 heterocycles. The number of alkyl halides is 1. The summed E-state index contributed by atoms with van der Waals surface area (Å²) in [5, 5.41) is 0.960. The van der Waals surface area contributed by atoms with Gasteiger partial charge in [0.25, 0.3) is 0 Å². The van der Waals surface area contributed by atoms with Crippen LogP contribution in [0.5, 0.6) is 0 Å². The molecule has 0 bridgehead atoms. The van der Waals surface area contributed by atoms with E-state index in [2.05, 4.69) is 47.4 Å². The summed E-state index contributed by atoms with van der Waals surface area (Å²) in [6.45, 7) is 5.81. The van der Waals surface area contributed by atoms with Crippen LogP contribution in [0.25, 0.3) is 0 Å². The maximum atomic E-state index is 5.39. The molecule has 1 N–H and O–H groups in total. The Bertz CT molecular complexity index is 274. The summed E-state index contributed by atoms with van der Waals surface area (Å²) in [6.07, 6.45) is 0. The fourth-order valence-electron chi connectivity index (χ4n) is 1.00. The van der Waals surface area contributed by atoms with Gasteiger partial charge in [0, 0.05) is 11.9 Å². The van der Waals surface area contributed by atoms with E-state index < -0.39 is 0 Å². The largest absolute Gasteiger partial charge is 0.297 e. The second-order valence-electron chi connectivity index (χ2n) is 4.39. The van der Waals surface area contributed by atoms with Crippen molar-refractivity contribution >= 4 is 15.9 Å². The fraction of sp³-hybridized carbons (Fsp3) is 0.500. The number of hydroxylamine groups is 1. The van der Waals surface area contributed by atoms with Gasteiger partial charge in [-0.3, -0.25) is 4.84 Å². The quantitative estimate of drug-likeness (QED) is 0.488. The first-order chi connectivity index (χ1) is 7.14. The van der Waals surface area contributed by atoms with Crippen LogP contribution >= 0.6 is 15.9 Å². The van der Waals surface area contributed by atoms with Crippen LogP contribution in [0.1, 0.15) is 19.4 Å². The highest BCUT2D eigenvalue weighted by atomic mass is 79.9. The van der Waals surface area contributed by atoms with Crippen molar-refractivity contribution in [2.75, 3.05) is 11.9 Å². The van der Waals surface area contributed by atoms with Gasteiger partial charge in [-0.25, -0.2) is 5.48 Å². The van der Waals surface area contributed by atoms with Crippen LogP contribution in [-0.2, 0) is 11.4 Å². The minimum atomic E-state index is 0.219. The summed E-state index contributed by atoms with van der Waals surface area (Å²) in [6, 6.07) is 10.1. The SMILES string of the molecule is CC(C)(CBr)CNOCc1ccccc1. The second kappa shape index (κ2) is 6.26. The molecular weight excluding hydrogens is 254 g/mol. The molecule has 0 atom stereocenters. The Balaban J connectivity index is 2.18. The maximum absolute atomic E-state index is 5.39. The van der Waals surface area contributed by atoms with E-state index in [0.717, 1.165) is 11.9 Å². The molecule has 0 aliphatic rings. The number of hydrogen-bond acceptors (Lipinski definition) is 2. The van der Waals surface area contributed by atoms with Gasteiger partial charge in [0.2, 0.25) is 0 Å². The fourth-order valence-corrected chi connectivity index (χ4v) is 1.20. The predicted molar refractivity (Wildman–Crippen MR) is 66.8 cm³/mol. The first-order valence-corrected chi connectivity index (χ1v) is 6.21. The molecule has 0 aliphatic heterocycles. The van der Waals surface area contributed by atoms with Gasteiger partial charge >= 0.3 is 0 Å². The van der Waals surface area contributed by atoms with Crippen molar-refractivity contribution in [2.24, 2.45) is 5.41 Å². The van der Waals surface area contributed by atoms with E-state index in [9.17, 15) is 0 Å². The monoisotopic (exact) mass is 271 g/mol. The third kappa shape index (κ3) is 5.30. The lowest BCUT2D eigenvalue weighted by molar-refractivity contribution is 0.0125. The van der Waals surface area contributed by atoms with Gasteiger partial charge in [0.1, 0.15) is 0 Å². The lowest BCUT2D eigenvalue weighted by atomic mass is 9.97. The minimum absolute atomic E-state index is 0.219. The van der Waals surface area contributed by atoms with Crippen molar-refractivity contribution in [3.05, 3.63) is 35.9 Å². The molecular formula is C12H18BrNO. The van der Waals surface area contributed by atoms with Crippen LogP contribution in [-0.4, -0.2) is 11.9 Å². The van der Waals surface area contributed by atoms with Crippen molar-refractivity contribution < 1.29 is 4.84 Å². The zero-order valence-corrected chi connectivity index (χ0v) is 10.9. The molecule has 84 valence electrons. The van der Waals surface area contributed by atoms with Crippen molar-refractivity contribution in [1.82, 2.24) is 5.48 Å². The van der Waals surface area contributed by atoms with E-state index in [0.29, 0.717) is 6.61 Å². The van der Waals surface area contributed by atoms with Crippen LogP contribution in [0.2, 0.25) is 0 Å². The summed E-state index contributed by atoms with van der Waals surface area (Å²) in [7, 11) is 0. The molecule has 1 aromatic carbocycles. The average Bonchev–Trinajstić information content (AvgIpc) is 2.26. The molecule has 0 unspecified atom stereocenters. The summed E-state index contributed by atoms with van der Waals surface area (Å²) in [4.78, 5) is 5.39. The highest BCUT2D eigenvalue weighted by molar-refractivity contribution is 9.09. The van der Waals surface area contributed by atoms with Crippen LogP contribution in [0.4, 0.5) is 0 Å². The zero-order chi connectivity index (χ0) is 11.1. The molecule has 2 nitrogen and oxygen atoms in total. The molecule has 0 saturated heterocycles. The zero-order valence-electron chi connectivity index (χ0n) is 9.29. The molecule has 1 rings (SSSR count). The van der Waals surface area contributed by atoms with Crippen molar-refractivity contribution in [2.45, 2.75) is 20.5 Å². The molecule has 1 aromatic rings. The predicted octanol–water partition coefficient (Wildman–Crippen LogP) is 3.13. The van der Waals surface area contributed by atoms with Crippen molar-refractivity contribution in [1.29, 1.82) is 0 Å². The normalized spacial score (nSPS) is 11.7. The van der Waals surface area contributed by atoms with Gasteiger partial charge in [-0.05, 0) is 11.0 Å². The highest BCUT2D eigenvalue weighted by Gasteiger charge is 2.15. The van der Waals surface area contributed by atoms with E-state index in [-0.39, 0.29) is 5.41 Å². The second-order valence-corrected chi connectivity index (χ2v) is 4.95. The Labute approximate surface area is 100 Å². The van der Waals surface area contributed by atoms with Gasteiger partial charge in [0.15, 0.2) is 0 Å². The standard InChI is InChI=1S/C12H18BrNO/c1-12(2,9-13)10-14-15-8-11-6-4-3-5-7-11/h3-7,14H,8-10H2,1-2H3. The third-order valence-corrected chi connectivity index (χ3v) is 3.61. The first-order valence-electron chi connectivity index (χ1n) is 5.08. The Morgan fingerprint density at radius 1 is 1.27 bits per heavy atom. The summed E-state index contributed by atoms with van der Waals surface area (Å²) >= 11 is 3.47. The molecule has 15 heavy (non-hydrogen) atoms. The average molecular weight is 272 g/mol. The lowest BCUT2D eigenvalue weighted by Gasteiger charge is -2.21. The van der Waals surface area contributed by atoms with Gasteiger partial charge in [0.05, 0.1) is 6.61 Å². The van der Waals surface area contributed by atoms with Gasteiger partial charge in [-0.1, -0.05) is 60.1 Å². The minimum Gasteiger partial charge on any atom is -0.297 e. The Morgan fingerprint density at radius 2 is 1.93 bits per heavy atom. The van der Waals surface area contributed by atoms with Gasteiger partial charge in [-0.2, -0.15) is 0 Å². The van der Waals surface area contributed by atoms with Crippen molar-refractivity contribution in [3.8, 4) is 0 Å². The molecule has 0 aliphatic carbocycles.